The molecular formula is C12H21NO3Si. The van der Waals surface area contributed by atoms with E-state index in [9.17, 15) is 4.79 Å². The van der Waals surface area contributed by atoms with Gasteiger partial charge in [-0.3, -0.25) is 0 Å². The number of hydrogen-bond donors (Lipinski definition) is 0. The fraction of sp³-hybridized carbons (Fsp3) is 0.667. The smallest absolute Gasteiger partial charge is 0.330 e. The second kappa shape index (κ2) is 6.00. The van der Waals surface area contributed by atoms with Crippen LogP contribution in [0.3, 0.4) is 0 Å². The molecule has 1 rings (SSSR count). The lowest BCUT2D eigenvalue weighted by atomic mass is 10.1. The average Bonchev–Trinajstić information content (AvgIpc) is 2.25. The lowest BCUT2D eigenvalue weighted by Crippen LogP contribution is -2.29. The summed E-state index contributed by atoms with van der Waals surface area (Å²) in [5.41, 5.74) is 0.808. The van der Waals surface area contributed by atoms with Crippen molar-refractivity contribution >= 4 is 19.8 Å². The van der Waals surface area contributed by atoms with Crippen LogP contribution in [0.25, 0.3) is 0 Å². The van der Waals surface area contributed by atoms with Crippen LogP contribution in [0.4, 0.5) is 0 Å². The summed E-state index contributed by atoms with van der Waals surface area (Å²) in [4.78, 5) is 16.4. The van der Waals surface area contributed by atoms with E-state index in [1.807, 2.05) is 0 Å². The summed E-state index contributed by atoms with van der Waals surface area (Å²) in [5.74, 6) is -0.364. The Hall–Kier alpha value is -1.10. The van der Waals surface area contributed by atoms with Crippen molar-refractivity contribution in [2.45, 2.75) is 44.6 Å². The highest BCUT2D eigenvalue weighted by molar-refractivity contribution is 6.76. The van der Waals surface area contributed by atoms with E-state index < -0.39 is 8.07 Å². The summed E-state index contributed by atoms with van der Waals surface area (Å²) in [6.07, 6.45) is 5.13. The summed E-state index contributed by atoms with van der Waals surface area (Å²) in [6.45, 7) is 6.98. The van der Waals surface area contributed by atoms with Gasteiger partial charge in [0.25, 0.3) is 0 Å². The van der Waals surface area contributed by atoms with E-state index in [1.54, 1.807) is 6.08 Å². The van der Waals surface area contributed by atoms with Crippen molar-refractivity contribution < 1.29 is 14.4 Å². The summed E-state index contributed by atoms with van der Waals surface area (Å²) in [5, 5.41) is 4.05. The van der Waals surface area contributed by atoms with Gasteiger partial charge in [0, 0.05) is 14.1 Å². The monoisotopic (exact) mass is 255 g/mol. The molecule has 4 nitrogen and oxygen atoms in total. The molecule has 0 bridgehead atoms. The van der Waals surface area contributed by atoms with Gasteiger partial charge in [0.15, 0.2) is 0 Å². The fourth-order valence-corrected chi connectivity index (χ4v) is 3.36. The van der Waals surface area contributed by atoms with Crippen LogP contribution < -0.4 is 0 Å². The number of carbonyl (C=O) groups excluding carboxylic acids is 1. The van der Waals surface area contributed by atoms with Crippen LogP contribution in [0.15, 0.2) is 17.3 Å². The van der Waals surface area contributed by atoms with Gasteiger partial charge >= 0.3 is 5.97 Å². The Bertz CT molecular complexity index is 331. The Kier molecular flexibility index (Phi) is 4.93. The van der Waals surface area contributed by atoms with Crippen molar-refractivity contribution in [1.82, 2.24) is 0 Å². The first-order valence-electron chi connectivity index (χ1n) is 5.89. The highest BCUT2D eigenvalue weighted by Crippen LogP contribution is 2.21. The Labute approximate surface area is 104 Å². The van der Waals surface area contributed by atoms with Crippen LogP contribution >= 0.6 is 0 Å². The second-order valence-corrected chi connectivity index (χ2v) is 11.0. The van der Waals surface area contributed by atoms with Crippen molar-refractivity contribution in [3.63, 3.8) is 0 Å². The molecule has 1 atom stereocenters. The molecule has 1 aliphatic heterocycles. The summed E-state index contributed by atoms with van der Waals surface area (Å²) >= 11 is 0. The Morgan fingerprint density at radius 2 is 2.29 bits per heavy atom. The molecule has 1 unspecified atom stereocenters. The number of methoxy groups -OCH3 is 1. The van der Waals surface area contributed by atoms with E-state index in [0.717, 1.165) is 24.6 Å². The highest BCUT2D eigenvalue weighted by Gasteiger charge is 2.24. The maximum absolute atomic E-state index is 10.9. The Morgan fingerprint density at radius 3 is 2.76 bits per heavy atom. The molecule has 96 valence electrons. The van der Waals surface area contributed by atoms with Crippen molar-refractivity contribution in [3.8, 4) is 0 Å². The van der Waals surface area contributed by atoms with E-state index in [0.29, 0.717) is 0 Å². The summed E-state index contributed by atoms with van der Waals surface area (Å²) in [7, 11) is 0.262. The van der Waals surface area contributed by atoms with Gasteiger partial charge < -0.3 is 9.57 Å². The molecule has 0 aromatic rings. The van der Waals surface area contributed by atoms with Gasteiger partial charge in [0.1, 0.15) is 6.10 Å². The Morgan fingerprint density at radius 1 is 1.59 bits per heavy atom. The molecule has 0 aliphatic carbocycles. The lowest BCUT2D eigenvalue weighted by molar-refractivity contribution is -0.134. The molecular weight excluding hydrogens is 234 g/mol. The predicted octanol–water partition coefficient (Wildman–Crippen LogP) is 2.59. The molecule has 0 aromatic carbocycles. The van der Waals surface area contributed by atoms with Gasteiger partial charge in [-0.05, 0) is 25.0 Å². The number of esters is 1. The quantitative estimate of drug-likeness (QED) is 0.441. The second-order valence-electron chi connectivity index (χ2n) is 5.47. The molecule has 1 aliphatic rings. The van der Waals surface area contributed by atoms with Crippen molar-refractivity contribution in [1.29, 1.82) is 0 Å². The lowest BCUT2D eigenvalue weighted by Gasteiger charge is -2.25. The molecule has 0 aromatic heterocycles. The Balaban J connectivity index is 2.45. The normalized spacial score (nSPS) is 20.9. The van der Waals surface area contributed by atoms with Crippen LogP contribution in [0, 0.1) is 0 Å². The minimum Gasteiger partial charge on any atom is -0.466 e. The van der Waals surface area contributed by atoms with E-state index in [1.165, 1.54) is 13.2 Å². The van der Waals surface area contributed by atoms with E-state index in [4.69, 9.17) is 4.84 Å². The molecule has 0 saturated carbocycles. The molecule has 0 fully saturated rings. The first-order chi connectivity index (χ1) is 7.90. The van der Waals surface area contributed by atoms with Gasteiger partial charge in [-0.1, -0.05) is 24.8 Å². The van der Waals surface area contributed by atoms with Crippen LogP contribution in [0.2, 0.25) is 25.7 Å². The number of allylic oxidation sites excluding steroid dienone is 1. The van der Waals surface area contributed by atoms with Crippen molar-refractivity contribution in [2.24, 2.45) is 5.16 Å². The third-order valence-corrected chi connectivity index (χ3v) is 4.17. The molecule has 0 amide bonds. The number of nitrogens with zero attached hydrogens (tertiary/aromatic N) is 1. The first kappa shape index (κ1) is 14.0. The molecule has 0 spiro atoms. The minimum absolute atomic E-state index is 0.247. The topological polar surface area (TPSA) is 47.9 Å². The van der Waals surface area contributed by atoms with Gasteiger partial charge in [-0.25, -0.2) is 4.79 Å². The van der Waals surface area contributed by atoms with E-state index in [-0.39, 0.29) is 12.1 Å². The SMILES string of the molecule is COC(=O)/C=C/C1=NOC(C[Si](C)(C)C)CC1. The standard InChI is InChI=1S/C12H21NO3Si/c1-15-12(14)8-6-10-5-7-11(16-13-10)9-17(2,3)4/h6,8,11H,5,7,9H2,1-4H3/b8-6+. The molecule has 0 N–H and O–H groups in total. The number of hydrogen-bond acceptors (Lipinski definition) is 4. The van der Waals surface area contributed by atoms with Crippen LogP contribution in [0.5, 0.6) is 0 Å². The zero-order valence-corrected chi connectivity index (χ0v) is 12.0. The third kappa shape index (κ3) is 5.67. The fourth-order valence-electron chi connectivity index (χ4n) is 1.72. The maximum Gasteiger partial charge on any atom is 0.330 e. The molecule has 0 radical (unpaired) electrons. The largest absolute Gasteiger partial charge is 0.466 e. The van der Waals surface area contributed by atoms with Gasteiger partial charge in [0.2, 0.25) is 0 Å². The van der Waals surface area contributed by atoms with Crippen LogP contribution in [0.1, 0.15) is 12.8 Å². The van der Waals surface area contributed by atoms with Gasteiger partial charge in [-0.2, -0.15) is 0 Å². The van der Waals surface area contributed by atoms with Gasteiger partial charge in [0.05, 0.1) is 12.8 Å². The molecule has 5 heteroatoms. The zero-order valence-electron chi connectivity index (χ0n) is 11.0. The predicted molar refractivity (Wildman–Crippen MR) is 70.9 cm³/mol. The van der Waals surface area contributed by atoms with E-state index in [2.05, 4.69) is 29.5 Å². The number of rotatable bonds is 4. The maximum atomic E-state index is 10.9. The number of carbonyl (C=O) groups is 1. The molecule has 0 saturated heterocycles. The molecule has 1 heterocycles. The number of ether oxygens (including phenoxy) is 1. The van der Waals surface area contributed by atoms with Crippen molar-refractivity contribution in [2.75, 3.05) is 7.11 Å². The van der Waals surface area contributed by atoms with Crippen molar-refractivity contribution in [3.05, 3.63) is 12.2 Å². The summed E-state index contributed by atoms with van der Waals surface area (Å²) in [6, 6.07) is 1.13. The van der Waals surface area contributed by atoms with E-state index >= 15 is 0 Å². The zero-order chi connectivity index (χ0) is 12.9. The number of oxime groups is 1. The minimum atomic E-state index is -1.10. The van der Waals surface area contributed by atoms with Gasteiger partial charge in [-0.15, -0.1) is 0 Å². The summed E-state index contributed by atoms with van der Waals surface area (Å²) < 4.78 is 4.51. The third-order valence-electron chi connectivity index (χ3n) is 2.49. The highest BCUT2D eigenvalue weighted by atomic mass is 28.3. The first-order valence-corrected chi connectivity index (χ1v) is 9.60. The average molecular weight is 255 g/mol. The van der Waals surface area contributed by atoms with Crippen LogP contribution in [-0.2, 0) is 14.4 Å². The van der Waals surface area contributed by atoms with Crippen LogP contribution in [-0.4, -0.2) is 33.0 Å². The molecule has 17 heavy (non-hydrogen) atoms.